The Kier molecular flexibility index (Phi) is 3.74. The minimum absolute atomic E-state index is 0.0269. The van der Waals surface area contributed by atoms with Crippen LogP contribution in [0.1, 0.15) is 38.4 Å². The van der Waals surface area contributed by atoms with Crippen molar-refractivity contribution < 1.29 is 14.7 Å². The maximum atomic E-state index is 12.4. The van der Waals surface area contributed by atoms with Crippen molar-refractivity contribution in [2.24, 2.45) is 0 Å². The molecular formula is C14H18N2O3. The summed E-state index contributed by atoms with van der Waals surface area (Å²) >= 11 is 0. The minimum Gasteiger partial charge on any atom is -0.478 e. The standard InChI is InChI=1S/C14H18N2O3/c1-9(10(2)14(18)19)13(17)16-8-4-6-12(16)11-5-3-7-15-11/h3,5,7,12,15H,4,6,8H2,1-2H3,(H,18,19). The number of carboxylic acid groups (broad SMARTS) is 1. The van der Waals surface area contributed by atoms with E-state index in [-0.39, 0.29) is 17.5 Å². The van der Waals surface area contributed by atoms with E-state index in [1.165, 1.54) is 6.92 Å². The van der Waals surface area contributed by atoms with Gasteiger partial charge in [0.25, 0.3) is 5.91 Å². The molecule has 1 atom stereocenters. The lowest BCUT2D eigenvalue weighted by atomic mass is 10.1. The molecule has 102 valence electrons. The molecule has 2 heterocycles. The average molecular weight is 262 g/mol. The van der Waals surface area contributed by atoms with Gasteiger partial charge in [-0.25, -0.2) is 4.79 Å². The first kappa shape index (κ1) is 13.4. The monoisotopic (exact) mass is 262 g/mol. The lowest BCUT2D eigenvalue weighted by molar-refractivity contribution is -0.134. The minimum atomic E-state index is -1.04. The second-order valence-corrected chi connectivity index (χ2v) is 4.84. The Labute approximate surface area is 111 Å². The van der Waals surface area contributed by atoms with Crippen molar-refractivity contribution in [2.75, 3.05) is 6.54 Å². The smallest absolute Gasteiger partial charge is 0.331 e. The van der Waals surface area contributed by atoms with Crippen molar-refractivity contribution >= 4 is 11.9 Å². The summed E-state index contributed by atoms with van der Waals surface area (Å²) in [5.41, 5.74) is 1.43. The van der Waals surface area contributed by atoms with Crippen LogP contribution in [-0.2, 0) is 9.59 Å². The number of nitrogens with zero attached hydrogens (tertiary/aromatic N) is 1. The third-order valence-electron chi connectivity index (χ3n) is 3.70. The highest BCUT2D eigenvalue weighted by molar-refractivity contribution is 6.01. The van der Waals surface area contributed by atoms with Crippen molar-refractivity contribution in [3.8, 4) is 0 Å². The topological polar surface area (TPSA) is 73.4 Å². The normalized spacial score (nSPS) is 20.3. The second kappa shape index (κ2) is 5.30. The van der Waals surface area contributed by atoms with Crippen LogP contribution < -0.4 is 0 Å². The molecule has 1 aromatic rings. The van der Waals surface area contributed by atoms with Gasteiger partial charge in [-0.15, -0.1) is 0 Å². The van der Waals surface area contributed by atoms with Gasteiger partial charge >= 0.3 is 5.97 Å². The lowest BCUT2D eigenvalue weighted by Gasteiger charge is -2.24. The molecule has 19 heavy (non-hydrogen) atoms. The number of hydrogen-bond donors (Lipinski definition) is 2. The molecule has 0 bridgehead atoms. The van der Waals surface area contributed by atoms with Crippen molar-refractivity contribution in [3.63, 3.8) is 0 Å². The number of carbonyl (C=O) groups excluding carboxylic acids is 1. The van der Waals surface area contributed by atoms with Crippen molar-refractivity contribution in [1.82, 2.24) is 9.88 Å². The summed E-state index contributed by atoms with van der Waals surface area (Å²) in [6, 6.07) is 3.89. The van der Waals surface area contributed by atoms with Crippen LogP contribution in [-0.4, -0.2) is 33.4 Å². The van der Waals surface area contributed by atoms with Crippen molar-refractivity contribution in [1.29, 1.82) is 0 Å². The average Bonchev–Trinajstić information content (AvgIpc) is 3.05. The van der Waals surface area contributed by atoms with E-state index in [1.807, 2.05) is 18.3 Å². The van der Waals surface area contributed by atoms with E-state index >= 15 is 0 Å². The van der Waals surface area contributed by atoms with E-state index in [4.69, 9.17) is 5.11 Å². The summed E-state index contributed by atoms with van der Waals surface area (Å²) in [7, 11) is 0. The molecule has 5 nitrogen and oxygen atoms in total. The van der Waals surface area contributed by atoms with Crippen molar-refractivity contribution in [3.05, 3.63) is 35.2 Å². The number of hydrogen-bond acceptors (Lipinski definition) is 2. The molecule has 5 heteroatoms. The van der Waals surface area contributed by atoms with E-state index in [0.717, 1.165) is 18.5 Å². The molecule has 0 aliphatic carbocycles. The number of nitrogens with one attached hydrogen (secondary N) is 1. The van der Waals surface area contributed by atoms with Crippen LogP contribution >= 0.6 is 0 Å². The van der Waals surface area contributed by atoms with Gasteiger partial charge in [0.05, 0.1) is 6.04 Å². The molecule has 1 amide bonds. The van der Waals surface area contributed by atoms with Gasteiger partial charge in [0, 0.05) is 29.6 Å². The highest BCUT2D eigenvalue weighted by Crippen LogP contribution is 2.32. The van der Waals surface area contributed by atoms with Gasteiger partial charge in [0.15, 0.2) is 0 Å². The first-order chi connectivity index (χ1) is 9.02. The third kappa shape index (κ3) is 2.54. The number of aromatic amines is 1. The summed E-state index contributed by atoms with van der Waals surface area (Å²) in [4.78, 5) is 28.2. The van der Waals surface area contributed by atoms with Gasteiger partial charge in [-0.2, -0.15) is 0 Å². The zero-order valence-corrected chi connectivity index (χ0v) is 11.1. The fourth-order valence-corrected chi connectivity index (χ4v) is 2.42. The molecule has 1 aliphatic heterocycles. The van der Waals surface area contributed by atoms with E-state index in [1.54, 1.807) is 11.8 Å². The largest absolute Gasteiger partial charge is 0.478 e. The summed E-state index contributed by atoms with van der Waals surface area (Å²) in [6.07, 6.45) is 3.68. The van der Waals surface area contributed by atoms with Crippen LogP contribution in [0.2, 0.25) is 0 Å². The molecule has 1 fully saturated rings. The SMILES string of the molecule is CC(C(=O)O)=C(C)C(=O)N1CCCC1c1ccc[nH]1. The molecule has 1 unspecified atom stereocenters. The maximum Gasteiger partial charge on any atom is 0.331 e. The summed E-state index contributed by atoms with van der Waals surface area (Å²) < 4.78 is 0. The van der Waals surface area contributed by atoms with E-state index < -0.39 is 5.97 Å². The highest BCUT2D eigenvalue weighted by atomic mass is 16.4. The van der Waals surface area contributed by atoms with Gasteiger partial charge in [-0.05, 0) is 38.8 Å². The third-order valence-corrected chi connectivity index (χ3v) is 3.70. The Hall–Kier alpha value is -2.04. The molecule has 1 aliphatic rings. The van der Waals surface area contributed by atoms with Crippen molar-refractivity contribution in [2.45, 2.75) is 32.7 Å². The van der Waals surface area contributed by atoms with Gasteiger partial charge in [-0.3, -0.25) is 4.79 Å². The van der Waals surface area contributed by atoms with Crippen LogP contribution in [0.3, 0.4) is 0 Å². The molecule has 1 aromatic heterocycles. The number of aromatic nitrogens is 1. The Morgan fingerprint density at radius 3 is 2.68 bits per heavy atom. The zero-order valence-electron chi connectivity index (χ0n) is 11.1. The Morgan fingerprint density at radius 2 is 2.11 bits per heavy atom. The first-order valence-electron chi connectivity index (χ1n) is 6.37. The predicted octanol–water partition coefficient (Wildman–Crippen LogP) is 2.10. The number of aliphatic carboxylic acids is 1. The number of carboxylic acids is 1. The van der Waals surface area contributed by atoms with E-state index in [2.05, 4.69) is 4.98 Å². The molecule has 0 radical (unpaired) electrons. The lowest BCUT2D eigenvalue weighted by Crippen LogP contribution is -2.32. The van der Waals surface area contributed by atoms with Gasteiger partial charge in [0.1, 0.15) is 0 Å². The van der Waals surface area contributed by atoms with Crippen LogP contribution in [0.5, 0.6) is 0 Å². The quantitative estimate of drug-likeness (QED) is 0.819. The second-order valence-electron chi connectivity index (χ2n) is 4.84. The van der Waals surface area contributed by atoms with Gasteiger partial charge < -0.3 is 15.0 Å². The first-order valence-corrected chi connectivity index (χ1v) is 6.37. The number of likely N-dealkylation sites (tertiary alicyclic amines) is 1. The number of rotatable bonds is 3. The fraction of sp³-hybridized carbons (Fsp3) is 0.429. The molecular weight excluding hydrogens is 244 g/mol. The molecule has 1 saturated heterocycles. The van der Waals surface area contributed by atoms with Gasteiger partial charge in [-0.1, -0.05) is 0 Å². The predicted molar refractivity (Wildman–Crippen MR) is 70.5 cm³/mol. The summed E-state index contributed by atoms with van der Waals surface area (Å²) in [5, 5.41) is 8.96. The fourth-order valence-electron chi connectivity index (χ4n) is 2.42. The summed E-state index contributed by atoms with van der Waals surface area (Å²) in [6.45, 7) is 3.72. The molecule has 2 N–H and O–H groups in total. The zero-order chi connectivity index (χ0) is 14.0. The molecule has 0 spiro atoms. The molecule has 2 rings (SSSR count). The molecule has 0 aromatic carbocycles. The summed E-state index contributed by atoms with van der Waals surface area (Å²) in [5.74, 6) is -1.22. The number of H-pyrrole nitrogens is 1. The Bertz CT molecular complexity index is 517. The Balaban J connectivity index is 2.24. The van der Waals surface area contributed by atoms with Gasteiger partial charge in [0.2, 0.25) is 0 Å². The van der Waals surface area contributed by atoms with Crippen LogP contribution in [0.25, 0.3) is 0 Å². The van der Waals surface area contributed by atoms with Crippen LogP contribution in [0.15, 0.2) is 29.5 Å². The number of amides is 1. The van der Waals surface area contributed by atoms with E-state index in [0.29, 0.717) is 12.1 Å². The van der Waals surface area contributed by atoms with E-state index in [9.17, 15) is 9.59 Å². The maximum absolute atomic E-state index is 12.4. The number of carbonyl (C=O) groups is 2. The van der Waals surface area contributed by atoms with Crippen LogP contribution in [0, 0.1) is 0 Å². The highest BCUT2D eigenvalue weighted by Gasteiger charge is 2.31. The van der Waals surface area contributed by atoms with Crippen LogP contribution in [0.4, 0.5) is 0 Å². The Morgan fingerprint density at radius 1 is 1.37 bits per heavy atom. The molecule has 0 saturated carbocycles.